The zero-order valence-electron chi connectivity index (χ0n) is 6.90. The van der Waals surface area contributed by atoms with E-state index in [9.17, 15) is 0 Å². The van der Waals surface area contributed by atoms with Gasteiger partial charge in [0.25, 0.3) is 0 Å². The summed E-state index contributed by atoms with van der Waals surface area (Å²) >= 11 is 0. The summed E-state index contributed by atoms with van der Waals surface area (Å²) < 4.78 is 4.99. The smallest absolute Gasteiger partial charge is 0.237 e. The molecule has 0 aliphatic rings. The summed E-state index contributed by atoms with van der Waals surface area (Å²) in [6.45, 7) is 0.0459. The third kappa shape index (κ3) is 2.32. The molecule has 0 bridgehead atoms. The normalized spacial score (nSPS) is 9.23. The van der Waals surface area contributed by atoms with Gasteiger partial charge in [-0.2, -0.15) is 5.26 Å². The van der Waals surface area contributed by atoms with E-state index in [2.05, 4.69) is 4.98 Å². The summed E-state index contributed by atoms with van der Waals surface area (Å²) in [6, 6.07) is 3.38. The maximum atomic E-state index is 8.50. The molecule has 68 valence electrons. The molecule has 0 amide bonds. The number of aliphatic hydroxyl groups excluding tert-OH is 1. The molecule has 0 atom stereocenters. The second-order valence-corrected chi connectivity index (χ2v) is 2.30. The van der Waals surface area contributed by atoms with E-state index in [0.717, 1.165) is 0 Å². The molecule has 3 N–H and O–H groups in total. The number of nitriles is 1. The lowest BCUT2D eigenvalue weighted by atomic mass is 10.3. The lowest BCUT2D eigenvalue weighted by Gasteiger charge is -2.05. The van der Waals surface area contributed by atoms with Gasteiger partial charge in [0, 0.05) is 6.20 Å². The lowest BCUT2D eigenvalue weighted by molar-refractivity contribution is 0.197. The van der Waals surface area contributed by atoms with Crippen LogP contribution in [0.3, 0.4) is 0 Å². The number of anilines is 1. The highest BCUT2D eigenvalue weighted by molar-refractivity contribution is 5.51. The molecule has 5 nitrogen and oxygen atoms in total. The topological polar surface area (TPSA) is 92.2 Å². The molecule has 13 heavy (non-hydrogen) atoms. The van der Waals surface area contributed by atoms with Crippen LogP contribution in [-0.4, -0.2) is 23.3 Å². The molecule has 0 saturated carbocycles. The molecule has 0 aliphatic heterocycles. The fourth-order valence-electron chi connectivity index (χ4n) is 0.793. The molecule has 0 spiro atoms. The van der Waals surface area contributed by atoms with Crippen molar-refractivity contribution in [3.8, 4) is 11.9 Å². The van der Waals surface area contributed by atoms with Crippen LogP contribution < -0.4 is 10.5 Å². The van der Waals surface area contributed by atoms with Gasteiger partial charge in [0.05, 0.1) is 17.9 Å². The third-order valence-corrected chi connectivity index (χ3v) is 1.34. The molecule has 1 aromatic heterocycles. The Balaban J connectivity index is 2.81. The number of nitrogens with two attached hydrogens (primary N) is 1. The summed E-state index contributed by atoms with van der Waals surface area (Å²) in [5.41, 5.74) is 6.20. The molecule has 0 aliphatic carbocycles. The summed E-state index contributed by atoms with van der Waals surface area (Å²) in [6.07, 6.45) is 1.36. The molecule has 0 radical (unpaired) electrons. The highest BCUT2D eigenvalue weighted by atomic mass is 16.5. The van der Waals surface area contributed by atoms with Crippen LogP contribution in [0.5, 0.6) is 5.88 Å². The number of nitrogen functional groups attached to an aromatic ring is 1. The molecule has 0 saturated heterocycles. The van der Waals surface area contributed by atoms with Crippen LogP contribution in [0.2, 0.25) is 0 Å². The van der Waals surface area contributed by atoms with Crippen LogP contribution in [0.4, 0.5) is 5.69 Å². The number of pyridine rings is 1. The van der Waals surface area contributed by atoms with Crippen molar-refractivity contribution in [1.82, 2.24) is 4.98 Å². The second kappa shape index (κ2) is 4.28. The van der Waals surface area contributed by atoms with Gasteiger partial charge < -0.3 is 15.6 Å². The Hall–Kier alpha value is -1.80. The molecule has 1 heterocycles. The fraction of sp³-hybridized carbons (Fsp3) is 0.250. The quantitative estimate of drug-likeness (QED) is 0.676. The van der Waals surface area contributed by atoms with E-state index >= 15 is 0 Å². The largest absolute Gasteiger partial charge is 0.474 e. The zero-order valence-corrected chi connectivity index (χ0v) is 6.90. The predicted molar refractivity (Wildman–Crippen MR) is 45.9 cm³/mol. The summed E-state index contributed by atoms with van der Waals surface area (Å²) in [5, 5.41) is 17.0. The van der Waals surface area contributed by atoms with Gasteiger partial charge in [0.1, 0.15) is 12.7 Å². The number of ether oxygens (including phenoxy) is 1. The summed E-state index contributed by atoms with van der Waals surface area (Å²) in [7, 11) is 0. The summed E-state index contributed by atoms with van der Waals surface area (Å²) in [4.78, 5) is 3.81. The standard InChI is InChI=1S/C8H9N3O2/c9-4-6-3-7(10)8(11-5-6)13-2-1-12/h3,5,12H,1-2,10H2. The minimum Gasteiger partial charge on any atom is -0.474 e. The van der Waals surface area contributed by atoms with Gasteiger partial charge >= 0.3 is 0 Å². The van der Waals surface area contributed by atoms with Crippen LogP contribution in [0, 0.1) is 11.3 Å². The first-order valence-electron chi connectivity index (χ1n) is 3.67. The van der Waals surface area contributed by atoms with Crippen molar-refractivity contribution >= 4 is 5.69 Å². The van der Waals surface area contributed by atoms with E-state index < -0.39 is 0 Å². The van der Waals surface area contributed by atoms with Gasteiger partial charge in [-0.15, -0.1) is 0 Å². The van der Waals surface area contributed by atoms with Crippen molar-refractivity contribution < 1.29 is 9.84 Å². The molecule has 0 aromatic carbocycles. The molecular formula is C8H9N3O2. The Morgan fingerprint density at radius 2 is 2.46 bits per heavy atom. The number of rotatable bonds is 3. The van der Waals surface area contributed by atoms with Crippen molar-refractivity contribution in [2.45, 2.75) is 0 Å². The van der Waals surface area contributed by atoms with Crippen molar-refractivity contribution in [1.29, 1.82) is 5.26 Å². The maximum Gasteiger partial charge on any atom is 0.237 e. The number of nitrogens with zero attached hydrogens (tertiary/aromatic N) is 2. The molecule has 0 unspecified atom stereocenters. The average molecular weight is 179 g/mol. The average Bonchev–Trinajstić information content (AvgIpc) is 2.16. The Labute approximate surface area is 75.4 Å². The maximum absolute atomic E-state index is 8.50. The monoisotopic (exact) mass is 179 g/mol. The van der Waals surface area contributed by atoms with Crippen molar-refractivity contribution in [3.05, 3.63) is 17.8 Å². The highest BCUT2D eigenvalue weighted by Crippen LogP contribution is 2.17. The molecule has 5 heteroatoms. The number of aliphatic hydroxyl groups is 1. The highest BCUT2D eigenvalue weighted by Gasteiger charge is 2.02. The lowest BCUT2D eigenvalue weighted by Crippen LogP contribution is -2.05. The first-order chi connectivity index (χ1) is 6.27. The van der Waals surface area contributed by atoms with E-state index in [1.54, 1.807) is 0 Å². The first-order valence-corrected chi connectivity index (χ1v) is 3.67. The minimum absolute atomic E-state index is 0.0961. The minimum atomic E-state index is -0.0961. The third-order valence-electron chi connectivity index (χ3n) is 1.34. The number of aromatic nitrogens is 1. The number of hydrogen-bond donors (Lipinski definition) is 2. The fourth-order valence-corrected chi connectivity index (χ4v) is 0.793. The van der Waals surface area contributed by atoms with E-state index in [1.807, 2.05) is 6.07 Å². The predicted octanol–water partition coefficient (Wildman–Crippen LogP) is -0.0934. The van der Waals surface area contributed by atoms with E-state index in [1.165, 1.54) is 12.3 Å². The van der Waals surface area contributed by atoms with Crippen LogP contribution in [0.1, 0.15) is 5.56 Å². The van der Waals surface area contributed by atoms with Crippen molar-refractivity contribution in [3.63, 3.8) is 0 Å². The van der Waals surface area contributed by atoms with Crippen LogP contribution in [0.25, 0.3) is 0 Å². The molecule has 1 rings (SSSR count). The Kier molecular flexibility index (Phi) is 3.06. The molecular weight excluding hydrogens is 170 g/mol. The van der Waals surface area contributed by atoms with E-state index in [4.69, 9.17) is 20.8 Å². The van der Waals surface area contributed by atoms with Gasteiger partial charge in [-0.1, -0.05) is 0 Å². The Morgan fingerprint density at radius 3 is 3.00 bits per heavy atom. The molecule has 1 aromatic rings. The Morgan fingerprint density at radius 1 is 1.69 bits per heavy atom. The first kappa shape index (κ1) is 9.29. The zero-order chi connectivity index (χ0) is 9.68. The van der Waals surface area contributed by atoms with Crippen LogP contribution in [-0.2, 0) is 0 Å². The van der Waals surface area contributed by atoms with E-state index in [-0.39, 0.29) is 19.1 Å². The van der Waals surface area contributed by atoms with Gasteiger partial charge in [-0.05, 0) is 6.07 Å². The van der Waals surface area contributed by atoms with Gasteiger partial charge in [-0.3, -0.25) is 0 Å². The van der Waals surface area contributed by atoms with Crippen LogP contribution >= 0.6 is 0 Å². The second-order valence-electron chi connectivity index (χ2n) is 2.30. The van der Waals surface area contributed by atoms with Gasteiger partial charge in [0.2, 0.25) is 5.88 Å². The molecule has 0 fully saturated rings. The van der Waals surface area contributed by atoms with Crippen molar-refractivity contribution in [2.24, 2.45) is 0 Å². The SMILES string of the molecule is N#Cc1cnc(OCCO)c(N)c1. The van der Waals surface area contributed by atoms with Gasteiger partial charge in [0.15, 0.2) is 0 Å². The number of hydrogen-bond acceptors (Lipinski definition) is 5. The Bertz CT molecular complexity index is 333. The summed E-state index contributed by atoms with van der Waals surface area (Å²) in [5.74, 6) is 0.244. The van der Waals surface area contributed by atoms with Gasteiger partial charge in [-0.25, -0.2) is 4.98 Å². The van der Waals surface area contributed by atoms with Crippen molar-refractivity contribution in [2.75, 3.05) is 18.9 Å². The van der Waals surface area contributed by atoms with Crippen LogP contribution in [0.15, 0.2) is 12.3 Å². The van der Waals surface area contributed by atoms with E-state index in [0.29, 0.717) is 11.3 Å².